The molecule has 1 aromatic rings. The number of nitrogens with zero attached hydrogens (tertiary/aromatic N) is 1. The monoisotopic (exact) mass is 233 g/mol. The average Bonchev–Trinajstić information content (AvgIpc) is 2.39. The minimum Gasteiger partial charge on any atom is -0.339 e. The summed E-state index contributed by atoms with van der Waals surface area (Å²) in [4.78, 5) is 25.2. The first-order valence-corrected chi connectivity index (χ1v) is 6.06. The van der Waals surface area contributed by atoms with Gasteiger partial charge in [-0.25, -0.2) is 0 Å². The Balaban J connectivity index is 2.87. The molecule has 0 N–H and O–H groups in total. The SMILES string of the molecule is CCC(=O)c1ccc(C(=O)N(CC)CC)cc1. The Morgan fingerprint density at radius 1 is 0.941 bits per heavy atom. The Labute approximate surface area is 102 Å². The molecule has 0 radical (unpaired) electrons. The van der Waals surface area contributed by atoms with Crippen molar-refractivity contribution in [2.75, 3.05) is 13.1 Å². The van der Waals surface area contributed by atoms with Crippen LogP contribution >= 0.6 is 0 Å². The van der Waals surface area contributed by atoms with Gasteiger partial charge in [-0.15, -0.1) is 0 Å². The first kappa shape index (κ1) is 13.4. The first-order valence-electron chi connectivity index (χ1n) is 6.06. The number of benzene rings is 1. The van der Waals surface area contributed by atoms with E-state index in [1.54, 1.807) is 29.2 Å². The summed E-state index contributed by atoms with van der Waals surface area (Å²) in [5.74, 6) is 0.123. The number of hydrogen-bond acceptors (Lipinski definition) is 2. The van der Waals surface area contributed by atoms with Crippen molar-refractivity contribution >= 4 is 11.7 Å². The molecular weight excluding hydrogens is 214 g/mol. The zero-order valence-electron chi connectivity index (χ0n) is 10.7. The van der Waals surface area contributed by atoms with E-state index < -0.39 is 0 Å². The van der Waals surface area contributed by atoms with E-state index in [0.717, 1.165) is 0 Å². The second-order valence-electron chi connectivity index (χ2n) is 3.83. The van der Waals surface area contributed by atoms with E-state index >= 15 is 0 Å². The molecule has 0 saturated carbocycles. The predicted molar refractivity (Wildman–Crippen MR) is 68.3 cm³/mol. The van der Waals surface area contributed by atoms with Crippen LogP contribution < -0.4 is 0 Å². The highest BCUT2D eigenvalue weighted by Gasteiger charge is 2.12. The Morgan fingerprint density at radius 2 is 1.41 bits per heavy atom. The van der Waals surface area contributed by atoms with Gasteiger partial charge in [-0.3, -0.25) is 9.59 Å². The van der Waals surface area contributed by atoms with Crippen molar-refractivity contribution in [3.63, 3.8) is 0 Å². The van der Waals surface area contributed by atoms with Crippen molar-refractivity contribution in [3.8, 4) is 0 Å². The Morgan fingerprint density at radius 3 is 1.82 bits per heavy atom. The average molecular weight is 233 g/mol. The minimum atomic E-state index is 0.0190. The van der Waals surface area contributed by atoms with Crippen molar-refractivity contribution in [2.24, 2.45) is 0 Å². The van der Waals surface area contributed by atoms with Crippen molar-refractivity contribution in [1.82, 2.24) is 4.90 Å². The first-order chi connectivity index (χ1) is 8.13. The van der Waals surface area contributed by atoms with Crippen LogP contribution in [0.3, 0.4) is 0 Å². The van der Waals surface area contributed by atoms with Crippen LogP contribution in [0.4, 0.5) is 0 Å². The molecule has 1 amide bonds. The topological polar surface area (TPSA) is 37.4 Å². The molecular formula is C14H19NO2. The Hall–Kier alpha value is -1.64. The van der Waals surface area contributed by atoms with E-state index in [1.165, 1.54) is 0 Å². The van der Waals surface area contributed by atoms with E-state index in [4.69, 9.17) is 0 Å². The lowest BCUT2D eigenvalue weighted by Gasteiger charge is -2.18. The molecule has 0 aliphatic carbocycles. The summed E-state index contributed by atoms with van der Waals surface area (Å²) < 4.78 is 0. The van der Waals surface area contributed by atoms with Gasteiger partial charge in [0.1, 0.15) is 0 Å². The van der Waals surface area contributed by atoms with Gasteiger partial charge in [0.15, 0.2) is 5.78 Å². The maximum atomic E-state index is 12.0. The van der Waals surface area contributed by atoms with Crippen molar-refractivity contribution < 1.29 is 9.59 Å². The van der Waals surface area contributed by atoms with Crippen LogP contribution in [0, 0.1) is 0 Å². The van der Waals surface area contributed by atoms with Gasteiger partial charge < -0.3 is 4.90 Å². The molecule has 0 saturated heterocycles. The minimum absolute atomic E-state index is 0.0190. The van der Waals surface area contributed by atoms with Gasteiger partial charge in [0, 0.05) is 30.6 Å². The van der Waals surface area contributed by atoms with Gasteiger partial charge >= 0.3 is 0 Å². The molecule has 1 rings (SSSR count). The molecule has 0 aromatic heterocycles. The van der Waals surface area contributed by atoms with Crippen LogP contribution in [0.15, 0.2) is 24.3 Å². The molecule has 0 heterocycles. The van der Waals surface area contributed by atoms with Gasteiger partial charge in [-0.2, -0.15) is 0 Å². The molecule has 0 spiro atoms. The summed E-state index contributed by atoms with van der Waals surface area (Å²) >= 11 is 0. The summed E-state index contributed by atoms with van der Waals surface area (Å²) in [6.07, 6.45) is 0.489. The largest absolute Gasteiger partial charge is 0.339 e. The van der Waals surface area contributed by atoms with Gasteiger partial charge in [-0.1, -0.05) is 19.1 Å². The number of Topliss-reactive ketones (excluding diaryl/α,β-unsaturated/α-hetero) is 1. The summed E-state index contributed by atoms with van der Waals surface area (Å²) in [6.45, 7) is 7.14. The van der Waals surface area contributed by atoms with Crippen molar-refractivity contribution in [2.45, 2.75) is 27.2 Å². The number of carbonyl (C=O) groups is 2. The zero-order valence-corrected chi connectivity index (χ0v) is 10.7. The number of amides is 1. The van der Waals surface area contributed by atoms with Crippen LogP contribution in [-0.4, -0.2) is 29.7 Å². The molecule has 0 aliphatic heterocycles. The number of carbonyl (C=O) groups excluding carboxylic acids is 2. The smallest absolute Gasteiger partial charge is 0.253 e. The van der Waals surface area contributed by atoms with E-state index in [2.05, 4.69) is 0 Å². The van der Waals surface area contributed by atoms with Gasteiger partial charge in [0.25, 0.3) is 5.91 Å². The molecule has 3 nitrogen and oxygen atoms in total. The summed E-state index contributed by atoms with van der Waals surface area (Å²) in [6, 6.07) is 6.90. The second-order valence-corrected chi connectivity index (χ2v) is 3.83. The maximum absolute atomic E-state index is 12.0. The summed E-state index contributed by atoms with van der Waals surface area (Å²) in [5.41, 5.74) is 1.31. The van der Waals surface area contributed by atoms with Crippen molar-refractivity contribution in [3.05, 3.63) is 35.4 Å². The second kappa shape index (κ2) is 6.18. The van der Waals surface area contributed by atoms with Crippen LogP contribution in [0.1, 0.15) is 47.9 Å². The maximum Gasteiger partial charge on any atom is 0.253 e. The van der Waals surface area contributed by atoms with E-state index in [9.17, 15) is 9.59 Å². The standard InChI is InChI=1S/C14H19NO2/c1-4-13(16)11-7-9-12(10-8-11)14(17)15(5-2)6-3/h7-10H,4-6H2,1-3H3. The van der Waals surface area contributed by atoms with E-state index in [1.807, 2.05) is 20.8 Å². The number of hydrogen-bond donors (Lipinski definition) is 0. The third-order valence-electron chi connectivity index (χ3n) is 2.83. The highest BCUT2D eigenvalue weighted by atomic mass is 16.2. The fraction of sp³-hybridized carbons (Fsp3) is 0.429. The summed E-state index contributed by atoms with van der Waals surface area (Å²) in [5, 5.41) is 0. The Kier molecular flexibility index (Phi) is 4.88. The number of rotatable bonds is 5. The summed E-state index contributed by atoms with van der Waals surface area (Å²) in [7, 11) is 0. The third-order valence-corrected chi connectivity index (χ3v) is 2.83. The molecule has 3 heteroatoms. The lowest BCUT2D eigenvalue weighted by molar-refractivity contribution is 0.0772. The molecule has 1 aromatic carbocycles. The predicted octanol–water partition coefficient (Wildman–Crippen LogP) is 2.76. The highest BCUT2D eigenvalue weighted by Crippen LogP contribution is 2.09. The molecule has 0 bridgehead atoms. The molecule has 17 heavy (non-hydrogen) atoms. The van der Waals surface area contributed by atoms with Crippen molar-refractivity contribution in [1.29, 1.82) is 0 Å². The quantitative estimate of drug-likeness (QED) is 0.733. The van der Waals surface area contributed by atoms with Gasteiger partial charge in [0.2, 0.25) is 0 Å². The normalized spacial score (nSPS) is 10.1. The van der Waals surface area contributed by atoms with Crippen LogP contribution in [0.2, 0.25) is 0 Å². The lowest BCUT2D eigenvalue weighted by atomic mass is 10.1. The molecule has 0 aliphatic rings. The van der Waals surface area contributed by atoms with Crippen LogP contribution in [0.25, 0.3) is 0 Å². The lowest BCUT2D eigenvalue weighted by Crippen LogP contribution is -2.30. The third kappa shape index (κ3) is 3.16. The van der Waals surface area contributed by atoms with Gasteiger partial charge in [-0.05, 0) is 26.0 Å². The van der Waals surface area contributed by atoms with Crippen LogP contribution in [-0.2, 0) is 0 Å². The Bertz CT molecular complexity index is 391. The molecule has 0 atom stereocenters. The van der Waals surface area contributed by atoms with Crippen LogP contribution in [0.5, 0.6) is 0 Å². The fourth-order valence-electron chi connectivity index (χ4n) is 1.70. The fourth-order valence-corrected chi connectivity index (χ4v) is 1.70. The molecule has 0 unspecified atom stereocenters. The zero-order chi connectivity index (χ0) is 12.8. The van der Waals surface area contributed by atoms with Gasteiger partial charge in [0.05, 0.1) is 0 Å². The number of ketones is 1. The van der Waals surface area contributed by atoms with E-state index in [0.29, 0.717) is 30.6 Å². The molecule has 92 valence electrons. The van der Waals surface area contributed by atoms with E-state index in [-0.39, 0.29) is 11.7 Å². The highest BCUT2D eigenvalue weighted by molar-refractivity contribution is 5.98. The molecule has 0 fully saturated rings.